The number of fused-ring (bicyclic) bond motifs is 2. The van der Waals surface area contributed by atoms with Gasteiger partial charge < -0.3 is 35.3 Å². The number of amides is 2. The second-order valence-electron chi connectivity index (χ2n) is 14.7. The first-order valence-electron chi connectivity index (χ1n) is 18.4. The van der Waals surface area contributed by atoms with Gasteiger partial charge in [-0.25, -0.2) is 0 Å². The Kier molecular flexibility index (Phi) is 11.5. The third kappa shape index (κ3) is 7.50. The number of nitrogens with one attached hydrogen (secondary N) is 1. The predicted molar refractivity (Wildman–Crippen MR) is 208 cm³/mol. The minimum absolute atomic E-state index is 0.0165. The Balaban J connectivity index is 1.40. The van der Waals surface area contributed by atoms with Crippen LogP contribution in [0.4, 0.5) is 17.1 Å². The van der Waals surface area contributed by atoms with E-state index >= 15 is 4.79 Å². The zero-order valence-electron chi connectivity index (χ0n) is 31.6. The number of rotatable bonds is 15. The zero-order valence-corrected chi connectivity index (χ0v) is 32.6. The number of aryl methyl sites for hydroxylation is 1. The molecule has 3 aromatic carbocycles. The number of hydrogen-bond donors (Lipinski definition) is 3. The number of nitrogen functional groups attached to an aromatic ring is 1. The molecule has 1 spiro atoms. The molecule has 1 aromatic heterocycles. The van der Waals surface area contributed by atoms with E-state index in [9.17, 15) is 14.7 Å². The number of nitrogens with zero attached hydrogens (tertiary/aromatic N) is 4. The number of carbonyl (C=O) groups is 3. The number of carbonyl (C=O) groups excluding carboxylic acids is 3. The topological polar surface area (TPSA) is 171 Å². The van der Waals surface area contributed by atoms with Crippen molar-refractivity contribution in [3.8, 4) is 5.75 Å². The zero-order chi connectivity index (χ0) is 38.6. The number of hydrogen-bond acceptors (Lipinski definition) is 10. The summed E-state index contributed by atoms with van der Waals surface area (Å²) in [4.78, 5) is 42.1. The van der Waals surface area contributed by atoms with Gasteiger partial charge >= 0.3 is 5.97 Å². The van der Waals surface area contributed by atoms with Crippen LogP contribution < -0.4 is 25.9 Å². The Morgan fingerprint density at radius 3 is 2.46 bits per heavy atom. The minimum Gasteiger partial charge on any atom is -0.497 e. The Bertz CT molecular complexity index is 1970. The molecule has 13 nitrogen and oxygen atoms in total. The highest BCUT2D eigenvalue weighted by Crippen LogP contribution is 2.60. The van der Waals surface area contributed by atoms with Gasteiger partial charge in [-0.05, 0) is 79.4 Å². The van der Waals surface area contributed by atoms with Crippen LogP contribution >= 0.6 is 0 Å². The minimum atomic E-state index is -2.42. The summed E-state index contributed by atoms with van der Waals surface area (Å²) in [6.45, 7) is 7.66. The molecule has 0 radical (unpaired) electrons. The third-order valence-electron chi connectivity index (χ3n) is 11.1. The summed E-state index contributed by atoms with van der Waals surface area (Å²) in [6, 6.07) is 20.5. The van der Waals surface area contributed by atoms with E-state index in [0.29, 0.717) is 67.0 Å². The normalized spacial score (nSPS) is 20.7. The maximum Gasteiger partial charge on any atom is 0.305 e. The number of aromatic nitrogens is 3. The monoisotopic (exact) mass is 754 g/mol. The Morgan fingerprint density at radius 2 is 1.78 bits per heavy atom. The van der Waals surface area contributed by atoms with Gasteiger partial charge in [-0.1, -0.05) is 42.6 Å². The molecule has 0 unspecified atom stereocenters. The van der Waals surface area contributed by atoms with Crippen LogP contribution in [0.1, 0.15) is 54.2 Å². The molecule has 3 heterocycles. The fraction of sp³-hybridized carbons (Fsp3) is 0.425. The van der Waals surface area contributed by atoms with E-state index in [2.05, 4.69) is 47.8 Å². The Morgan fingerprint density at radius 1 is 1.04 bits per heavy atom. The van der Waals surface area contributed by atoms with E-state index in [-0.39, 0.29) is 48.4 Å². The third-order valence-corrected chi connectivity index (χ3v) is 15.5. The number of unbranched alkanes of at least 4 members (excludes halogenated alkanes) is 1. The lowest BCUT2D eigenvalue weighted by atomic mass is 9.82. The summed E-state index contributed by atoms with van der Waals surface area (Å²) >= 11 is 0. The average Bonchev–Trinajstić information content (AvgIpc) is 3.82. The fourth-order valence-electron chi connectivity index (χ4n) is 8.30. The van der Waals surface area contributed by atoms with Crippen molar-refractivity contribution in [2.24, 2.45) is 5.92 Å². The molecule has 0 bridgehead atoms. The van der Waals surface area contributed by atoms with Crippen LogP contribution in [0, 0.1) is 5.92 Å². The van der Waals surface area contributed by atoms with Gasteiger partial charge in [0.2, 0.25) is 0 Å². The number of nitrogens with two attached hydrogens (primary N) is 1. The van der Waals surface area contributed by atoms with Crippen LogP contribution in [0.25, 0.3) is 0 Å². The van der Waals surface area contributed by atoms with Gasteiger partial charge in [0.25, 0.3) is 11.8 Å². The van der Waals surface area contributed by atoms with E-state index in [1.807, 2.05) is 30.5 Å². The van der Waals surface area contributed by atoms with Crippen molar-refractivity contribution in [2.75, 3.05) is 43.3 Å². The van der Waals surface area contributed by atoms with Crippen molar-refractivity contribution >= 4 is 48.1 Å². The Labute approximate surface area is 316 Å². The number of ether oxygens (including phenoxy) is 3. The lowest BCUT2D eigenvalue weighted by Crippen LogP contribution is -2.52. The van der Waals surface area contributed by atoms with Crippen molar-refractivity contribution in [3.05, 3.63) is 89.7 Å². The molecular formula is C40H50N6O7Si. The van der Waals surface area contributed by atoms with E-state index in [1.165, 1.54) is 12.3 Å². The fourth-order valence-corrected chi connectivity index (χ4v) is 12.4. The molecule has 4 N–H and O–H groups in total. The van der Waals surface area contributed by atoms with E-state index in [1.54, 1.807) is 47.0 Å². The van der Waals surface area contributed by atoms with Crippen LogP contribution in [0.3, 0.4) is 0 Å². The van der Waals surface area contributed by atoms with E-state index < -0.39 is 13.7 Å². The molecule has 54 heavy (non-hydrogen) atoms. The maximum atomic E-state index is 15.1. The van der Waals surface area contributed by atoms with E-state index in [4.69, 9.17) is 19.9 Å². The summed E-state index contributed by atoms with van der Waals surface area (Å²) in [5.74, 6) is -0.232. The average molecular weight is 755 g/mol. The maximum absolute atomic E-state index is 15.1. The van der Waals surface area contributed by atoms with Gasteiger partial charge in [-0.3, -0.25) is 19.1 Å². The molecule has 1 fully saturated rings. The van der Waals surface area contributed by atoms with Gasteiger partial charge in [-0.15, -0.1) is 5.10 Å². The molecule has 14 heteroatoms. The molecule has 2 amide bonds. The molecule has 6 rings (SSSR count). The summed E-state index contributed by atoms with van der Waals surface area (Å²) in [6.07, 6.45) is 3.89. The summed E-state index contributed by atoms with van der Waals surface area (Å²) in [5, 5.41) is 22.2. The van der Waals surface area contributed by atoms with Gasteiger partial charge in [-0.2, -0.15) is 0 Å². The van der Waals surface area contributed by atoms with Crippen molar-refractivity contribution in [1.29, 1.82) is 0 Å². The summed E-state index contributed by atoms with van der Waals surface area (Å²) in [7, 11) is 0.602. The summed E-state index contributed by atoms with van der Waals surface area (Å²) in [5.41, 5.74) is 8.19. The molecule has 4 aromatic rings. The number of esters is 1. The van der Waals surface area contributed by atoms with Crippen molar-refractivity contribution in [2.45, 2.75) is 75.9 Å². The van der Waals surface area contributed by atoms with Gasteiger partial charge in [0, 0.05) is 67.2 Å². The first kappa shape index (κ1) is 38.7. The highest BCUT2D eigenvalue weighted by atomic mass is 28.3. The second kappa shape index (κ2) is 16.1. The van der Waals surface area contributed by atoms with Crippen LogP contribution in [0.2, 0.25) is 18.6 Å². The van der Waals surface area contributed by atoms with Crippen molar-refractivity contribution < 1.29 is 33.7 Å². The largest absolute Gasteiger partial charge is 0.497 e. The van der Waals surface area contributed by atoms with Gasteiger partial charge in [0.1, 0.15) is 5.75 Å². The van der Waals surface area contributed by atoms with Crippen molar-refractivity contribution in [1.82, 2.24) is 15.0 Å². The molecule has 2 aliphatic heterocycles. The predicted octanol–water partition coefficient (Wildman–Crippen LogP) is 4.65. The van der Waals surface area contributed by atoms with E-state index in [0.717, 1.165) is 11.4 Å². The molecular weight excluding hydrogens is 705 g/mol. The molecule has 0 saturated carbocycles. The van der Waals surface area contributed by atoms with Crippen LogP contribution in [-0.2, 0) is 37.6 Å². The number of aliphatic hydroxyl groups is 1. The molecule has 2 aliphatic rings. The highest BCUT2D eigenvalue weighted by Gasteiger charge is 2.66. The standard InChI is InChI=1S/C40H50N6O7Si/c1-26-37(54(4,5)32-16-14-31(51-2)15-17-32)35(19-22-45-25-30(20-23-47)43-44-45)53-40(26)33-24-29(42-38(49)27-9-11-28(41)12-10-27)13-18-34(33)46(39(40)50)21-7-6-8-36(48)52-3/h9-18,24-26,35,37,47H,6-8,19-23,41H2,1-5H3,(H,42,49)/t26-,35+,37-,40+/m1/s1. The molecule has 4 atom stereocenters. The first-order chi connectivity index (χ1) is 25.9. The quantitative estimate of drug-likeness (QED) is 0.0672. The Hall–Kier alpha value is -5.05. The lowest BCUT2D eigenvalue weighted by molar-refractivity contribution is -0.146. The molecule has 286 valence electrons. The number of methoxy groups -OCH3 is 2. The smallest absolute Gasteiger partial charge is 0.305 e. The highest BCUT2D eigenvalue weighted by molar-refractivity contribution is 6.91. The van der Waals surface area contributed by atoms with Crippen LogP contribution in [0.15, 0.2) is 72.9 Å². The first-order valence-corrected chi connectivity index (χ1v) is 21.5. The van der Waals surface area contributed by atoms with Gasteiger partial charge in [0.15, 0.2) is 5.60 Å². The van der Waals surface area contributed by atoms with Gasteiger partial charge in [0.05, 0.1) is 39.8 Å². The van der Waals surface area contributed by atoms with Crippen LogP contribution in [-0.4, -0.2) is 79.4 Å². The number of anilines is 3. The number of benzene rings is 3. The molecule has 0 aliphatic carbocycles. The van der Waals surface area contributed by atoms with Crippen molar-refractivity contribution in [3.63, 3.8) is 0 Å². The second-order valence-corrected chi connectivity index (χ2v) is 19.4. The summed E-state index contributed by atoms with van der Waals surface area (Å²) < 4.78 is 19.4. The lowest BCUT2D eigenvalue weighted by Gasteiger charge is -2.37. The molecule has 1 saturated heterocycles. The number of aliphatic hydroxyl groups excluding tert-OH is 1. The van der Waals surface area contributed by atoms with Crippen LogP contribution in [0.5, 0.6) is 5.75 Å². The SMILES string of the molecule is COC(=O)CCCCN1C(=O)[C@@]2(O[C@@H](CCn3cc(CCO)nn3)[C@H]([Si](C)(C)c3ccc(OC)cc3)[C@H]2C)c2cc(NC(=O)c3ccc(N)cc3)ccc21.